The van der Waals surface area contributed by atoms with Gasteiger partial charge in [0.2, 0.25) is 11.9 Å². The van der Waals surface area contributed by atoms with Crippen LogP contribution in [0.4, 0.5) is 23.1 Å². The van der Waals surface area contributed by atoms with Gasteiger partial charge in [-0.1, -0.05) is 38.0 Å². The summed E-state index contributed by atoms with van der Waals surface area (Å²) in [6, 6.07) is 10.2. The van der Waals surface area contributed by atoms with Gasteiger partial charge in [0.25, 0.3) is 0 Å². The second-order valence-corrected chi connectivity index (χ2v) is 7.06. The molecule has 4 rings (SSSR count). The van der Waals surface area contributed by atoms with Crippen LogP contribution in [0.15, 0.2) is 36.5 Å². The third-order valence-electron chi connectivity index (χ3n) is 5.44. The maximum atomic E-state index is 12.9. The van der Waals surface area contributed by atoms with Crippen LogP contribution in [0.25, 0.3) is 0 Å². The van der Waals surface area contributed by atoms with Gasteiger partial charge in [-0.05, 0) is 31.4 Å². The minimum atomic E-state index is -0.143. The third-order valence-corrected chi connectivity index (χ3v) is 5.44. The molecule has 0 spiro atoms. The molecule has 1 saturated carbocycles. The number of carbonyl (C=O) groups excluding carboxylic acids is 1. The lowest BCUT2D eigenvalue weighted by Crippen LogP contribution is -2.55. The van der Waals surface area contributed by atoms with Crippen LogP contribution in [0.5, 0.6) is 0 Å². The summed E-state index contributed by atoms with van der Waals surface area (Å²) >= 11 is 0. The molecule has 1 aromatic carbocycles. The van der Waals surface area contributed by atoms with Crippen molar-refractivity contribution in [2.24, 2.45) is 0 Å². The Morgan fingerprint density at radius 3 is 2.62 bits per heavy atom. The van der Waals surface area contributed by atoms with Gasteiger partial charge in [0.05, 0.1) is 6.20 Å². The number of para-hydroxylation sites is 1. The number of carbonyl (C=O) groups is 1. The smallest absolute Gasteiger partial charge is 0.249 e. The highest BCUT2D eigenvalue weighted by molar-refractivity contribution is 6.04. The molecule has 26 heavy (non-hydrogen) atoms. The van der Waals surface area contributed by atoms with Crippen molar-refractivity contribution < 1.29 is 4.79 Å². The van der Waals surface area contributed by atoms with Crippen molar-refractivity contribution in [2.75, 3.05) is 22.2 Å². The van der Waals surface area contributed by atoms with Gasteiger partial charge < -0.3 is 15.1 Å². The maximum absolute atomic E-state index is 12.9. The molecular weight excluding hydrogens is 326 g/mol. The zero-order valence-electron chi connectivity index (χ0n) is 15.4. The number of amides is 1. The molecule has 6 heteroatoms. The Balaban J connectivity index is 1.74. The Kier molecular flexibility index (Phi) is 4.49. The molecule has 2 aromatic rings. The summed E-state index contributed by atoms with van der Waals surface area (Å²) in [5, 5.41) is 3.27. The van der Waals surface area contributed by atoms with Crippen molar-refractivity contribution in [3.05, 3.63) is 36.5 Å². The largest absolute Gasteiger partial charge is 0.340 e. The Morgan fingerprint density at radius 1 is 1.19 bits per heavy atom. The third kappa shape index (κ3) is 2.89. The first-order valence-electron chi connectivity index (χ1n) is 9.44. The number of rotatable bonds is 4. The lowest BCUT2D eigenvalue weighted by Gasteiger charge is -2.43. The zero-order chi connectivity index (χ0) is 18.1. The van der Waals surface area contributed by atoms with E-state index in [1.807, 2.05) is 37.4 Å². The quantitative estimate of drug-likeness (QED) is 0.909. The van der Waals surface area contributed by atoms with Gasteiger partial charge in [0, 0.05) is 18.8 Å². The number of nitrogens with zero attached hydrogens (tertiary/aromatic N) is 4. The van der Waals surface area contributed by atoms with E-state index in [1.54, 1.807) is 11.1 Å². The SMILES string of the molecule is CC[C@@H]1C(=O)N(C)c2cnc(Nc3ccccc3)nc2N1C1CCCC1. The highest BCUT2D eigenvalue weighted by Crippen LogP contribution is 2.39. The lowest BCUT2D eigenvalue weighted by molar-refractivity contribution is -0.120. The first-order chi connectivity index (χ1) is 12.7. The molecule has 1 atom stereocenters. The van der Waals surface area contributed by atoms with Crippen molar-refractivity contribution >= 4 is 29.0 Å². The lowest BCUT2D eigenvalue weighted by atomic mass is 10.0. The molecular formula is C20H25N5O. The molecule has 2 heterocycles. The molecule has 0 bridgehead atoms. The van der Waals surface area contributed by atoms with Crippen LogP contribution >= 0.6 is 0 Å². The number of hydrogen-bond donors (Lipinski definition) is 1. The fourth-order valence-corrected chi connectivity index (χ4v) is 4.09. The fraction of sp³-hybridized carbons (Fsp3) is 0.450. The van der Waals surface area contributed by atoms with Crippen LogP contribution in [-0.2, 0) is 4.79 Å². The summed E-state index contributed by atoms with van der Waals surface area (Å²) in [5.74, 6) is 1.58. The van der Waals surface area contributed by atoms with Crippen LogP contribution in [0.2, 0.25) is 0 Å². The van der Waals surface area contributed by atoms with Gasteiger partial charge in [0.15, 0.2) is 5.82 Å². The van der Waals surface area contributed by atoms with E-state index < -0.39 is 0 Å². The highest BCUT2D eigenvalue weighted by atomic mass is 16.2. The summed E-state index contributed by atoms with van der Waals surface area (Å²) < 4.78 is 0. The van der Waals surface area contributed by atoms with E-state index in [9.17, 15) is 4.79 Å². The predicted molar refractivity (Wildman–Crippen MR) is 104 cm³/mol. The number of likely N-dealkylation sites (N-methyl/N-ethyl adjacent to an activating group) is 1. The van der Waals surface area contributed by atoms with Crippen molar-refractivity contribution in [3.8, 4) is 0 Å². The van der Waals surface area contributed by atoms with Crippen molar-refractivity contribution in [3.63, 3.8) is 0 Å². The Morgan fingerprint density at radius 2 is 1.92 bits per heavy atom. The van der Waals surface area contributed by atoms with Gasteiger partial charge in [0.1, 0.15) is 11.7 Å². The van der Waals surface area contributed by atoms with Gasteiger partial charge >= 0.3 is 0 Å². The molecule has 1 aromatic heterocycles. The summed E-state index contributed by atoms with van der Waals surface area (Å²) in [4.78, 5) is 26.1. The summed E-state index contributed by atoms with van der Waals surface area (Å²) in [6.45, 7) is 2.08. The summed E-state index contributed by atoms with van der Waals surface area (Å²) in [7, 11) is 1.82. The number of benzene rings is 1. The number of fused-ring (bicyclic) bond motifs is 1. The van der Waals surface area contributed by atoms with E-state index >= 15 is 0 Å². The van der Waals surface area contributed by atoms with Crippen molar-refractivity contribution in [2.45, 2.75) is 51.1 Å². The van der Waals surface area contributed by atoms with Crippen LogP contribution in [0.3, 0.4) is 0 Å². The summed E-state index contributed by atoms with van der Waals surface area (Å²) in [5.41, 5.74) is 1.75. The van der Waals surface area contributed by atoms with E-state index in [0.29, 0.717) is 12.0 Å². The number of aromatic nitrogens is 2. The van der Waals surface area contributed by atoms with Gasteiger partial charge in [-0.2, -0.15) is 4.98 Å². The average molecular weight is 351 g/mol. The fourth-order valence-electron chi connectivity index (χ4n) is 4.09. The van der Waals surface area contributed by atoms with E-state index in [0.717, 1.165) is 36.5 Å². The molecule has 0 saturated heterocycles. The van der Waals surface area contributed by atoms with Crippen LogP contribution in [-0.4, -0.2) is 35.0 Å². The number of hydrogen-bond acceptors (Lipinski definition) is 5. The first kappa shape index (κ1) is 16.8. The molecule has 0 radical (unpaired) electrons. The van der Waals surface area contributed by atoms with Crippen molar-refractivity contribution in [1.29, 1.82) is 0 Å². The number of nitrogens with one attached hydrogen (secondary N) is 1. The Bertz CT molecular complexity index is 788. The van der Waals surface area contributed by atoms with Gasteiger partial charge in [-0.25, -0.2) is 4.98 Å². The monoisotopic (exact) mass is 351 g/mol. The van der Waals surface area contributed by atoms with E-state index in [-0.39, 0.29) is 11.9 Å². The van der Waals surface area contributed by atoms with E-state index in [2.05, 4.69) is 22.1 Å². The molecule has 2 aliphatic rings. The Labute approximate surface area is 154 Å². The molecule has 1 amide bonds. The maximum Gasteiger partial charge on any atom is 0.249 e. The molecule has 136 valence electrons. The molecule has 6 nitrogen and oxygen atoms in total. The molecule has 1 fully saturated rings. The van der Waals surface area contributed by atoms with E-state index in [1.165, 1.54) is 12.8 Å². The standard InChI is InChI=1S/C20H25N5O/c1-3-16-19(26)24(2)17-13-21-20(22-14-9-5-4-6-10-14)23-18(17)25(16)15-11-7-8-12-15/h4-6,9-10,13,15-16H,3,7-8,11-12H2,1-2H3,(H,21,22,23)/t16-/m1/s1. The van der Waals surface area contributed by atoms with Gasteiger partial charge in [-0.15, -0.1) is 0 Å². The second kappa shape index (κ2) is 6.94. The predicted octanol–water partition coefficient (Wildman–Crippen LogP) is 3.72. The Hall–Kier alpha value is -2.63. The van der Waals surface area contributed by atoms with Crippen LogP contribution in [0, 0.1) is 0 Å². The number of anilines is 4. The molecule has 1 N–H and O–H groups in total. The molecule has 1 aliphatic carbocycles. The first-order valence-corrected chi connectivity index (χ1v) is 9.44. The molecule has 0 unspecified atom stereocenters. The average Bonchev–Trinajstić information content (AvgIpc) is 3.19. The molecule has 1 aliphatic heterocycles. The minimum absolute atomic E-state index is 0.138. The van der Waals surface area contributed by atoms with Crippen molar-refractivity contribution in [1.82, 2.24) is 9.97 Å². The second-order valence-electron chi connectivity index (χ2n) is 7.06. The highest BCUT2D eigenvalue weighted by Gasteiger charge is 2.41. The minimum Gasteiger partial charge on any atom is -0.340 e. The topological polar surface area (TPSA) is 61.4 Å². The summed E-state index contributed by atoms with van der Waals surface area (Å²) in [6.07, 6.45) is 7.23. The van der Waals surface area contributed by atoms with Crippen LogP contribution in [0.1, 0.15) is 39.0 Å². The van der Waals surface area contributed by atoms with Crippen LogP contribution < -0.4 is 15.1 Å². The van der Waals surface area contributed by atoms with E-state index in [4.69, 9.17) is 4.98 Å². The zero-order valence-corrected chi connectivity index (χ0v) is 15.4. The normalized spacial score (nSPS) is 20.4. The van der Waals surface area contributed by atoms with Gasteiger partial charge in [-0.3, -0.25) is 4.79 Å².